The summed E-state index contributed by atoms with van der Waals surface area (Å²) in [5, 5.41) is 1.35. The number of hydrogen-bond donors (Lipinski definition) is 0. The van der Waals surface area contributed by atoms with Gasteiger partial charge in [-0.2, -0.15) is 0 Å². The first-order valence-corrected chi connectivity index (χ1v) is 4.70. The molecule has 0 aliphatic carbocycles. The minimum atomic E-state index is 0.302. The van der Waals surface area contributed by atoms with Crippen LogP contribution in [0.5, 0.6) is 0 Å². The third-order valence-corrected chi connectivity index (χ3v) is 2.91. The predicted molar refractivity (Wildman–Crippen MR) is 55.7 cm³/mol. The molecule has 0 bridgehead atoms. The average Bonchev–Trinajstić information content (AvgIpc) is 2.32. The molecule has 0 aliphatic rings. The number of fused-ring (bicyclic) bond motifs is 1. The van der Waals surface area contributed by atoms with Gasteiger partial charge in [0, 0.05) is 13.1 Å². The molecule has 0 spiro atoms. The fourth-order valence-electron chi connectivity index (χ4n) is 1.17. The maximum Gasteiger partial charge on any atom is 0.148 e. The second kappa shape index (κ2) is 3.05. The van der Waals surface area contributed by atoms with E-state index < -0.39 is 0 Å². The minimum absolute atomic E-state index is 0.302. The van der Waals surface area contributed by atoms with E-state index in [-0.39, 0.29) is 0 Å². The minimum Gasteiger partial charge on any atom is -0.333 e. The second-order valence-electron chi connectivity index (χ2n) is 2.69. The molecular weight excluding hydrogens is 230 g/mol. The van der Waals surface area contributed by atoms with Crippen molar-refractivity contribution in [2.24, 2.45) is 7.05 Å². The van der Waals surface area contributed by atoms with Crippen molar-refractivity contribution in [2.45, 2.75) is 0 Å². The van der Waals surface area contributed by atoms with Gasteiger partial charge in [-0.1, -0.05) is 34.8 Å². The highest BCUT2D eigenvalue weighted by Crippen LogP contribution is 2.27. The molecule has 2 nitrogen and oxygen atoms in total. The van der Waals surface area contributed by atoms with Crippen LogP contribution in [-0.4, -0.2) is 9.55 Å². The number of hydrogen-bond acceptors (Lipinski definition) is 1. The van der Waals surface area contributed by atoms with Crippen molar-refractivity contribution in [3.05, 3.63) is 27.5 Å². The molecule has 0 fully saturated rings. The van der Waals surface area contributed by atoms with Gasteiger partial charge in [-0.3, -0.25) is 0 Å². The summed E-state index contributed by atoms with van der Waals surface area (Å²) < 4.78 is 1.80. The summed E-state index contributed by atoms with van der Waals surface area (Å²) in [6, 6.07) is 3.50. The van der Waals surface area contributed by atoms with Crippen molar-refractivity contribution in [1.29, 1.82) is 0 Å². The van der Waals surface area contributed by atoms with Gasteiger partial charge in [0.25, 0.3) is 0 Å². The van der Waals surface area contributed by atoms with Crippen LogP contribution in [0.1, 0.15) is 0 Å². The van der Waals surface area contributed by atoms with Crippen molar-refractivity contribution in [3.63, 3.8) is 0 Å². The van der Waals surface area contributed by atoms with Crippen LogP contribution in [0.2, 0.25) is 15.3 Å². The molecule has 5 heteroatoms. The standard InChI is InChI=1S/C8H5Cl3N2/c1-13-6-2-4(9)8(11)12-5(6)3-7(13)10/h2-3H,1H3. The van der Waals surface area contributed by atoms with Gasteiger partial charge >= 0.3 is 0 Å². The van der Waals surface area contributed by atoms with E-state index in [2.05, 4.69) is 4.98 Å². The Hall–Kier alpha value is -0.440. The molecule has 0 N–H and O–H groups in total. The largest absolute Gasteiger partial charge is 0.333 e. The van der Waals surface area contributed by atoms with E-state index >= 15 is 0 Å². The third kappa shape index (κ3) is 1.39. The highest BCUT2D eigenvalue weighted by Gasteiger charge is 2.08. The lowest BCUT2D eigenvalue weighted by molar-refractivity contribution is 0.969. The van der Waals surface area contributed by atoms with E-state index in [1.165, 1.54) is 0 Å². The van der Waals surface area contributed by atoms with E-state index in [4.69, 9.17) is 34.8 Å². The zero-order valence-electron chi connectivity index (χ0n) is 6.68. The van der Waals surface area contributed by atoms with Gasteiger partial charge in [0.2, 0.25) is 0 Å². The number of halogens is 3. The van der Waals surface area contributed by atoms with E-state index in [1.54, 1.807) is 16.7 Å². The molecule has 2 rings (SSSR count). The maximum atomic E-state index is 5.89. The zero-order chi connectivity index (χ0) is 9.59. The van der Waals surface area contributed by atoms with Gasteiger partial charge in [-0.15, -0.1) is 0 Å². The zero-order valence-corrected chi connectivity index (χ0v) is 8.95. The van der Waals surface area contributed by atoms with Crippen LogP contribution in [0.3, 0.4) is 0 Å². The summed E-state index contributed by atoms with van der Waals surface area (Å²) in [5.74, 6) is 0. The van der Waals surface area contributed by atoms with Crippen molar-refractivity contribution in [1.82, 2.24) is 9.55 Å². The van der Waals surface area contributed by atoms with Crippen LogP contribution in [0.15, 0.2) is 12.1 Å². The Kier molecular flexibility index (Phi) is 2.14. The third-order valence-electron chi connectivity index (χ3n) is 1.88. The number of nitrogens with zero attached hydrogens (tertiary/aromatic N) is 2. The molecule has 13 heavy (non-hydrogen) atoms. The van der Waals surface area contributed by atoms with Crippen molar-refractivity contribution in [3.8, 4) is 0 Å². The summed E-state index contributed by atoms with van der Waals surface area (Å²) in [6.07, 6.45) is 0. The normalized spacial score (nSPS) is 11.1. The Morgan fingerprint density at radius 2 is 1.92 bits per heavy atom. The summed E-state index contributed by atoms with van der Waals surface area (Å²) >= 11 is 17.5. The van der Waals surface area contributed by atoms with E-state index in [9.17, 15) is 0 Å². The molecule has 0 aliphatic heterocycles. The van der Waals surface area contributed by atoms with Gasteiger partial charge in [-0.05, 0) is 6.07 Å². The molecule has 0 unspecified atom stereocenters. The van der Waals surface area contributed by atoms with Gasteiger partial charge in [-0.25, -0.2) is 4.98 Å². The van der Waals surface area contributed by atoms with Gasteiger partial charge in [0.1, 0.15) is 10.3 Å². The van der Waals surface area contributed by atoms with Gasteiger partial charge in [0.15, 0.2) is 0 Å². The number of rotatable bonds is 0. The Bertz CT molecular complexity index is 476. The molecule has 0 saturated carbocycles. The van der Waals surface area contributed by atoms with Crippen LogP contribution in [-0.2, 0) is 7.05 Å². The lowest BCUT2D eigenvalue weighted by atomic mass is 10.4. The van der Waals surface area contributed by atoms with Crippen molar-refractivity contribution in [2.75, 3.05) is 0 Å². The van der Waals surface area contributed by atoms with Crippen LogP contribution >= 0.6 is 34.8 Å². The van der Waals surface area contributed by atoms with Crippen LogP contribution in [0.25, 0.3) is 11.0 Å². The quantitative estimate of drug-likeness (QED) is 0.639. The highest BCUT2D eigenvalue weighted by molar-refractivity contribution is 6.41. The van der Waals surface area contributed by atoms with Crippen LogP contribution in [0.4, 0.5) is 0 Å². The summed E-state index contributed by atoms with van der Waals surface area (Å²) in [6.45, 7) is 0. The maximum absolute atomic E-state index is 5.89. The summed E-state index contributed by atoms with van der Waals surface area (Å²) in [4.78, 5) is 4.09. The van der Waals surface area contributed by atoms with E-state index in [1.807, 2.05) is 7.05 Å². The topological polar surface area (TPSA) is 17.8 Å². The van der Waals surface area contributed by atoms with Crippen molar-refractivity contribution < 1.29 is 0 Å². The molecule has 0 aromatic carbocycles. The second-order valence-corrected chi connectivity index (χ2v) is 3.84. The average molecular weight is 236 g/mol. The first kappa shape index (κ1) is 9.13. The van der Waals surface area contributed by atoms with Crippen LogP contribution < -0.4 is 0 Å². The van der Waals surface area contributed by atoms with Crippen LogP contribution in [0, 0.1) is 0 Å². The van der Waals surface area contributed by atoms with Gasteiger partial charge < -0.3 is 4.57 Å². The molecule has 2 aromatic heterocycles. The molecule has 2 heterocycles. The number of aryl methyl sites for hydroxylation is 1. The summed E-state index contributed by atoms with van der Waals surface area (Å²) in [5.41, 5.74) is 1.63. The van der Waals surface area contributed by atoms with E-state index in [0.717, 1.165) is 11.0 Å². The molecule has 68 valence electrons. The first-order valence-electron chi connectivity index (χ1n) is 3.56. The molecule has 0 atom stereocenters. The molecular formula is C8H5Cl3N2. The van der Waals surface area contributed by atoms with Crippen molar-refractivity contribution >= 4 is 45.8 Å². The Balaban J connectivity index is 2.89. The lowest BCUT2D eigenvalue weighted by Crippen LogP contribution is -1.87. The highest BCUT2D eigenvalue weighted by atomic mass is 35.5. The fraction of sp³-hybridized carbons (Fsp3) is 0.125. The molecule has 0 amide bonds. The number of pyridine rings is 1. The monoisotopic (exact) mass is 234 g/mol. The predicted octanol–water partition coefficient (Wildman–Crippen LogP) is 3.53. The van der Waals surface area contributed by atoms with E-state index in [0.29, 0.717) is 15.3 Å². The molecule has 0 saturated heterocycles. The smallest absolute Gasteiger partial charge is 0.148 e. The first-order chi connectivity index (χ1) is 6.09. The lowest BCUT2D eigenvalue weighted by Gasteiger charge is -1.98. The Labute approximate surface area is 90.0 Å². The molecule has 2 aromatic rings. The Morgan fingerprint density at radius 1 is 1.23 bits per heavy atom. The molecule has 0 radical (unpaired) electrons. The fourth-order valence-corrected chi connectivity index (χ4v) is 1.66. The number of aromatic nitrogens is 2. The SMILES string of the molecule is Cn1c(Cl)cc2nc(Cl)c(Cl)cc21. The Morgan fingerprint density at radius 3 is 2.62 bits per heavy atom. The van der Waals surface area contributed by atoms with Gasteiger partial charge in [0.05, 0.1) is 16.1 Å². The summed E-state index contributed by atoms with van der Waals surface area (Å²) in [7, 11) is 1.84.